The molecule has 1 aromatic rings. The van der Waals surface area contributed by atoms with E-state index in [1.807, 2.05) is 0 Å². The minimum atomic E-state index is -3.86. The molecule has 1 unspecified atom stereocenters. The maximum Gasteiger partial charge on any atom is 0.339 e. The maximum atomic E-state index is 13.0. The summed E-state index contributed by atoms with van der Waals surface area (Å²) in [6.07, 6.45) is 2.60. The molecular weight excluding hydrogens is 386 g/mol. The van der Waals surface area contributed by atoms with E-state index in [-0.39, 0.29) is 48.1 Å². The van der Waals surface area contributed by atoms with Gasteiger partial charge < -0.3 is 14.2 Å². The van der Waals surface area contributed by atoms with Gasteiger partial charge in [0.05, 0.1) is 29.6 Å². The van der Waals surface area contributed by atoms with E-state index in [2.05, 4.69) is 4.74 Å². The lowest BCUT2D eigenvalue weighted by Gasteiger charge is -2.30. The van der Waals surface area contributed by atoms with Crippen molar-refractivity contribution < 1.29 is 32.2 Å². The first kappa shape index (κ1) is 20.8. The number of carbonyl (C=O) groups is 2. The molecule has 0 N–H and O–H groups in total. The Bertz CT molecular complexity index is 809. The average molecular weight is 411 g/mol. The second-order valence-corrected chi connectivity index (χ2v) is 8.84. The Labute approximate surface area is 164 Å². The molecule has 8 nitrogen and oxygen atoms in total. The van der Waals surface area contributed by atoms with Crippen molar-refractivity contribution in [2.45, 2.75) is 36.7 Å². The van der Waals surface area contributed by atoms with Crippen molar-refractivity contribution >= 4 is 22.0 Å². The summed E-state index contributed by atoms with van der Waals surface area (Å²) in [5.41, 5.74) is 0.00287. The minimum absolute atomic E-state index is 0.00287. The number of methoxy groups -OCH3 is 1. The molecule has 0 saturated carbocycles. The SMILES string of the molecule is COC(=O)c1ccccc1S(=O)(=O)N1CCC(C(=O)OCC2CCCO2)CC1. The van der Waals surface area contributed by atoms with Gasteiger partial charge in [0.15, 0.2) is 0 Å². The van der Waals surface area contributed by atoms with Gasteiger partial charge in [-0.05, 0) is 37.8 Å². The monoisotopic (exact) mass is 411 g/mol. The van der Waals surface area contributed by atoms with Gasteiger partial charge in [0, 0.05) is 19.7 Å². The largest absolute Gasteiger partial charge is 0.465 e. The zero-order valence-electron chi connectivity index (χ0n) is 15.8. The number of ether oxygens (including phenoxy) is 3. The van der Waals surface area contributed by atoms with Crippen LogP contribution in [-0.2, 0) is 29.0 Å². The minimum Gasteiger partial charge on any atom is -0.465 e. The molecule has 1 aromatic carbocycles. The predicted molar refractivity (Wildman–Crippen MR) is 99.2 cm³/mol. The topological polar surface area (TPSA) is 99.2 Å². The highest BCUT2D eigenvalue weighted by Gasteiger charge is 2.35. The van der Waals surface area contributed by atoms with Crippen LogP contribution in [0.1, 0.15) is 36.0 Å². The number of hydrogen-bond donors (Lipinski definition) is 0. The molecule has 1 atom stereocenters. The fourth-order valence-corrected chi connectivity index (χ4v) is 5.16. The van der Waals surface area contributed by atoms with Gasteiger partial charge in [-0.3, -0.25) is 4.79 Å². The highest BCUT2D eigenvalue weighted by atomic mass is 32.2. The van der Waals surface area contributed by atoms with Crippen LogP contribution in [-0.4, -0.2) is 64.2 Å². The van der Waals surface area contributed by atoms with Crippen molar-refractivity contribution in [2.75, 3.05) is 33.4 Å². The average Bonchev–Trinajstić information content (AvgIpc) is 3.25. The number of carbonyl (C=O) groups excluding carboxylic acids is 2. The molecule has 2 aliphatic heterocycles. The Morgan fingerprint density at radius 3 is 2.54 bits per heavy atom. The third kappa shape index (κ3) is 4.53. The van der Waals surface area contributed by atoms with Crippen molar-refractivity contribution in [1.29, 1.82) is 0 Å². The fraction of sp³-hybridized carbons (Fsp3) is 0.579. The molecular formula is C19H25NO7S. The van der Waals surface area contributed by atoms with Gasteiger partial charge in [0.1, 0.15) is 6.61 Å². The van der Waals surface area contributed by atoms with E-state index in [9.17, 15) is 18.0 Å². The van der Waals surface area contributed by atoms with E-state index in [0.29, 0.717) is 19.4 Å². The lowest BCUT2D eigenvalue weighted by molar-refractivity contribution is -0.153. The van der Waals surface area contributed by atoms with E-state index < -0.39 is 16.0 Å². The van der Waals surface area contributed by atoms with Crippen LogP contribution in [0.2, 0.25) is 0 Å². The fourth-order valence-electron chi connectivity index (χ4n) is 3.51. The molecule has 0 radical (unpaired) electrons. The molecule has 0 spiro atoms. The molecule has 2 heterocycles. The van der Waals surface area contributed by atoms with E-state index in [1.54, 1.807) is 12.1 Å². The molecule has 154 valence electrons. The van der Waals surface area contributed by atoms with Crippen molar-refractivity contribution in [3.8, 4) is 0 Å². The van der Waals surface area contributed by atoms with Gasteiger partial charge >= 0.3 is 11.9 Å². The quantitative estimate of drug-likeness (QED) is 0.656. The number of sulfonamides is 1. The van der Waals surface area contributed by atoms with Crippen LogP contribution in [0.3, 0.4) is 0 Å². The van der Waals surface area contributed by atoms with Crippen molar-refractivity contribution in [2.24, 2.45) is 5.92 Å². The molecule has 28 heavy (non-hydrogen) atoms. The Kier molecular flexibility index (Phi) is 6.69. The number of piperidine rings is 1. The summed E-state index contributed by atoms with van der Waals surface area (Å²) in [4.78, 5) is 24.1. The van der Waals surface area contributed by atoms with Crippen molar-refractivity contribution in [3.05, 3.63) is 29.8 Å². The summed E-state index contributed by atoms with van der Waals surface area (Å²) >= 11 is 0. The van der Waals surface area contributed by atoms with Crippen LogP contribution in [0.4, 0.5) is 0 Å². The summed E-state index contributed by atoms with van der Waals surface area (Å²) in [7, 11) is -2.65. The molecule has 0 aromatic heterocycles. The van der Waals surface area contributed by atoms with Gasteiger partial charge in [-0.1, -0.05) is 12.1 Å². The first-order valence-corrected chi connectivity index (χ1v) is 10.8. The first-order valence-electron chi connectivity index (χ1n) is 9.39. The summed E-state index contributed by atoms with van der Waals surface area (Å²) in [5, 5.41) is 0. The molecule has 9 heteroatoms. The second kappa shape index (κ2) is 9.02. The molecule has 0 amide bonds. The van der Waals surface area contributed by atoms with Crippen LogP contribution >= 0.6 is 0 Å². The van der Waals surface area contributed by atoms with Crippen LogP contribution in [0.5, 0.6) is 0 Å². The van der Waals surface area contributed by atoms with Crippen molar-refractivity contribution in [3.63, 3.8) is 0 Å². The maximum absolute atomic E-state index is 13.0. The third-order valence-corrected chi connectivity index (χ3v) is 7.09. The zero-order valence-corrected chi connectivity index (χ0v) is 16.7. The lowest BCUT2D eigenvalue weighted by atomic mass is 9.98. The third-order valence-electron chi connectivity index (χ3n) is 5.13. The van der Waals surface area contributed by atoms with Crippen LogP contribution in [0.25, 0.3) is 0 Å². The summed E-state index contributed by atoms with van der Waals surface area (Å²) in [6.45, 7) is 1.34. The Morgan fingerprint density at radius 1 is 1.18 bits per heavy atom. The predicted octanol–water partition coefficient (Wildman–Crippen LogP) is 1.60. The molecule has 2 saturated heterocycles. The van der Waals surface area contributed by atoms with Crippen LogP contribution in [0, 0.1) is 5.92 Å². The summed E-state index contributed by atoms with van der Waals surface area (Å²) in [6, 6.07) is 5.97. The molecule has 0 bridgehead atoms. The number of rotatable bonds is 6. The second-order valence-electron chi connectivity index (χ2n) is 6.93. The van der Waals surface area contributed by atoms with Gasteiger partial charge in [0.25, 0.3) is 0 Å². The number of benzene rings is 1. The Balaban J connectivity index is 1.61. The number of esters is 2. The standard InChI is InChI=1S/C19H25NO7S/c1-25-19(22)16-6-2-3-7-17(16)28(23,24)20-10-8-14(9-11-20)18(21)27-13-15-5-4-12-26-15/h2-3,6-7,14-15H,4-5,8-13H2,1H3. The molecule has 3 rings (SSSR count). The highest BCUT2D eigenvalue weighted by Crippen LogP contribution is 2.27. The highest BCUT2D eigenvalue weighted by molar-refractivity contribution is 7.89. The van der Waals surface area contributed by atoms with Gasteiger partial charge in [-0.2, -0.15) is 4.31 Å². The van der Waals surface area contributed by atoms with Crippen molar-refractivity contribution in [1.82, 2.24) is 4.31 Å². The normalized spacial score (nSPS) is 21.4. The Morgan fingerprint density at radius 2 is 1.89 bits per heavy atom. The number of nitrogens with zero attached hydrogens (tertiary/aromatic N) is 1. The first-order chi connectivity index (χ1) is 13.4. The zero-order chi connectivity index (χ0) is 20.1. The van der Waals surface area contributed by atoms with Gasteiger partial charge in [0.2, 0.25) is 10.0 Å². The molecule has 2 fully saturated rings. The Hall–Kier alpha value is -1.97. The van der Waals surface area contributed by atoms with Crippen LogP contribution in [0.15, 0.2) is 29.2 Å². The van der Waals surface area contributed by atoms with E-state index in [0.717, 1.165) is 12.8 Å². The van der Waals surface area contributed by atoms with Gasteiger partial charge in [-0.15, -0.1) is 0 Å². The smallest absolute Gasteiger partial charge is 0.339 e. The van der Waals surface area contributed by atoms with Gasteiger partial charge in [-0.25, -0.2) is 13.2 Å². The summed E-state index contributed by atoms with van der Waals surface area (Å²) < 4.78 is 42.7. The van der Waals surface area contributed by atoms with E-state index >= 15 is 0 Å². The van der Waals surface area contributed by atoms with Crippen LogP contribution < -0.4 is 0 Å². The number of hydrogen-bond acceptors (Lipinski definition) is 7. The van der Waals surface area contributed by atoms with E-state index in [4.69, 9.17) is 9.47 Å². The lowest BCUT2D eigenvalue weighted by Crippen LogP contribution is -2.41. The molecule has 0 aliphatic carbocycles. The van der Waals surface area contributed by atoms with E-state index in [1.165, 1.54) is 23.5 Å². The molecule has 2 aliphatic rings. The summed E-state index contributed by atoms with van der Waals surface area (Å²) in [5.74, 6) is -1.34.